The Morgan fingerprint density at radius 3 is 3.00 bits per heavy atom. The molecular weight excluding hydrogens is 216 g/mol. The van der Waals surface area contributed by atoms with Gasteiger partial charge < -0.3 is 9.64 Å². The number of aromatic nitrogens is 2. The van der Waals surface area contributed by atoms with Crippen molar-refractivity contribution in [2.24, 2.45) is 7.05 Å². The number of anilines is 1. The third-order valence-corrected chi connectivity index (χ3v) is 3.27. The summed E-state index contributed by atoms with van der Waals surface area (Å²) < 4.78 is 7.30. The molecule has 0 saturated carbocycles. The number of nitrogens with zero attached hydrogens (tertiary/aromatic N) is 4. The van der Waals surface area contributed by atoms with Crippen LogP contribution in [0.2, 0.25) is 0 Å². The Balaban J connectivity index is 2.41. The number of hydrogen-bond acceptors (Lipinski definition) is 4. The zero-order valence-electron chi connectivity index (χ0n) is 10.6. The number of hydrogen-bond donors (Lipinski definition) is 0. The van der Waals surface area contributed by atoms with Crippen molar-refractivity contribution in [3.8, 4) is 6.07 Å². The smallest absolute Gasteiger partial charge is 0.145 e. The van der Waals surface area contributed by atoms with Crippen LogP contribution in [0.25, 0.3) is 0 Å². The molecule has 5 heteroatoms. The van der Waals surface area contributed by atoms with Gasteiger partial charge in [-0.05, 0) is 13.3 Å². The molecule has 0 bridgehead atoms. The van der Waals surface area contributed by atoms with Crippen LogP contribution in [-0.4, -0.2) is 35.6 Å². The van der Waals surface area contributed by atoms with E-state index >= 15 is 0 Å². The maximum atomic E-state index is 9.24. The molecule has 2 heterocycles. The van der Waals surface area contributed by atoms with Gasteiger partial charge in [-0.1, -0.05) is 6.92 Å². The summed E-state index contributed by atoms with van der Waals surface area (Å²) >= 11 is 0. The Hall–Kier alpha value is -1.54. The van der Waals surface area contributed by atoms with E-state index in [4.69, 9.17) is 4.74 Å². The van der Waals surface area contributed by atoms with Crippen molar-refractivity contribution in [2.75, 3.05) is 24.7 Å². The minimum absolute atomic E-state index is 0.339. The molecule has 1 unspecified atom stereocenters. The van der Waals surface area contributed by atoms with Crippen LogP contribution in [-0.2, 0) is 11.8 Å². The third kappa shape index (κ3) is 2.01. The van der Waals surface area contributed by atoms with E-state index in [2.05, 4.69) is 23.0 Å². The standard InChI is InChI=1S/C12H18N4O/c1-4-10-8-17-6-5-16(10)12-11(7-13)9(2)14-15(12)3/h10H,4-6,8H2,1-3H3. The molecule has 1 aliphatic heterocycles. The second-order valence-electron chi connectivity index (χ2n) is 4.35. The number of ether oxygens (including phenoxy) is 1. The molecule has 0 radical (unpaired) electrons. The van der Waals surface area contributed by atoms with Crippen LogP contribution in [0.5, 0.6) is 0 Å². The Morgan fingerprint density at radius 1 is 1.59 bits per heavy atom. The summed E-state index contributed by atoms with van der Waals surface area (Å²) in [5, 5.41) is 13.6. The first-order valence-corrected chi connectivity index (χ1v) is 5.97. The van der Waals surface area contributed by atoms with Gasteiger partial charge in [-0.3, -0.25) is 4.68 Å². The molecule has 17 heavy (non-hydrogen) atoms. The summed E-state index contributed by atoms with van der Waals surface area (Å²) in [4.78, 5) is 2.25. The molecule has 0 amide bonds. The maximum absolute atomic E-state index is 9.24. The van der Waals surface area contributed by atoms with Gasteiger partial charge >= 0.3 is 0 Å². The quantitative estimate of drug-likeness (QED) is 0.772. The molecule has 0 aliphatic carbocycles. The fourth-order valence-corrected chi connectivity index (χ4v) is 2.38. The molecule has 92 valence electrons. The highest BCUT2D eigenvalue weighted by molar-refractivity contribution is 5.57. The summed E-state index contributed by atoms with van der Waals surface area (Å²) in [7, 11) is 1.89. The zero-order chi connectivity index (χ0) is 12.4. The molecule has 1 aliphatic rings. The Kier molecular flexibility index (Phi) is 3.34. The van der Waals surface area contributed by atoms with Gasteiger partial charge in [-0.15, -0.1) is 0 Å². The lowest BCUT2D eigenvalue weighted by molar-refractivity contribution is 0.0921. The van der Waals surface area contributed by atoms with Crippen molar-refractivity contribution in [1.29, 1.82) is 5.26 Å². The molecule has 1 atom stereocenters. The summed E-state index contributed by atoms with van der Waals surface area (Å²) in [5.74, 6) is 0.931. The second kappa shape index (κ2) is 4.76. The van der Waals surface area contributed by atoms with Gasteiger partial charge in [0.2, 0.25) is 0 Å². The number of aryl methyl sites for hydroxylation is 2. The van der Waals surface area contributed by atoms with Crippen LogP contribution in [0, 0.1) is 18.3 Å². The topological polar surface area (TPSA) is 54.1 Å². The van der Waals surface area contributed by atoms with E-state index in [1.54, 1.807) is 0 Å². The van der Waals surface area contributed by atoms with Crippen LogP contribution < -0.4 is 4.90 Å². The van der Waals surface area contributed by atoms with Crippen LogP contribution in [0.4, 0.5) is 5.82 Å². The van der Waals surface area contributed by atoms with Gasteiger partial charge in [-0.25, -0.2) is 0 Å². The van der Waals surface area contributed by atoms with Crippen molar-refractivity contribution in [2.45, 2.75) is 26.3 Å². The normalized spacial score (nSPS) is 20.4. The number of morpholine rings is 1. The SMILES string of the molecule is CCC1COCCN1c1c(C#N)c(C)nn1C. The van der Waals surface area contributed by atoms with Crippen LogP contribution in [0.3, 0.4) is 0 Å². The molecular formula is C12H18N4O. The molecule has 1 aromatic rings. The van der Waals surface area contributed by atoms with Gasteiger partial charge in [0.05, 0.1) is 24.9 Å². The monoisotopic (exact) mass is 234 g/mol. The highest BCUT2D eigenvalue weighted by Gasteiger charge is 2.27. The van der Waals surface area contributed by atoms with E-state index in [-0.39, 0.29) is 0 Å². The van der Waals surface area contributed by atoms with Crippen LogP contribution in [0.15, 0.2) is 0 Å². The average Bonchev–Trinajstić information content (AvgIpc) is 2.63. The number of rotatable bonds is 2. The Labute approximate surface area is 102 Å². The predicted octanol–water partition coefficient (Wildman–Crippen LogP) is 1.22. The van der Waals surface area contributed by atoms with E-state index in [1.807, 2.05) is 18.7 Å². The summed E-state index contributed by atoms with van der Waals surface area (Å²) in [5.41, 5.74) is 1.49. The highest BCUT2D eigenvalue weighted by Crippen LogP contribution is 2.26. The molecule has 1 fully saturated rings. The third-order valence-electron chi connectivity index (χ3n) is 3.27. The average molecular weight is 234 g/mol. The Morgan fingerprint density at radius 2 is 2.35 bits per heavy atom. The lowest BCUT2D eigenvalue weighted by atomic mass is 10.1. The molecule has 2 rings (SSSR count). The minimum Gasteiger partial charge on any atom is -0.377 e. The largest absolute Gasteiger partial charge is 0.377 e. The molecule has 1 aromatic heterocycles. The first kappa shape index (κ1) is 11.9. The van der Waals surface area contributed by atoms with E-state index in [9.17, 15) is 5.26 Å². The van der Waals surface area contributed by atoms with Gasteiger partial charge in [-0.2, -0.15) is 10.4 Å². The van der Waals surface area contributed by atoms with E-state index in [1.165, 1.54) is 0 Å². The molecule has 0 N–H and O–H groups in total. The lowest BCUT2D eigenvalue weighted by Gasteiger charge is -2.36. The minimum atomic E-state index is 0.339. The van der Waals surface area contributed by atoms with E-state index < -0.39 is 0 Å². The first-order chi connectivity index (χ1) is 8.19. The van der Waals surface area contributed by atoms with Crippen molar-refractivity contribution in [1.82, 2.24) is 9.78 Å². The van der Waals surface area contributed by atoms with Crippen LogP contribution >= 0.6 is 0 Å². The predicted molar refractivity (Wildman–Crippen MR) is 64.9 cm³/mol. The van der Waals surface area contributed by atoms with Crippen LogP contribution in [0.1, 0.15) is 24.6 Å². The fraction of sp³-hybridized carbons (Fsp3) is 0.667. The summed E-state index contributed by atoms with van der Waals surface area (Å²) in [6.07, 6.45) is 1.01. The van der Waals surface area contributed by atoms with Gasteiger partial charge in [0.15, 0.2) is 0 Å². The van der Waals surface area contributed by atoms with Crippen molar-refractivity contribution in [3.05, 3.63) is 11.3 Å². The van der Waals surface area contributed by atoms with Gasteiger partial charge in [0, 0.05) is 13.6 Å². The maximum Gasteiger partial charge on any atom is 0.145 e. The molecule has 0 aromatic carbocycles. The second-order valence-corrected chi connectivity index (χ2v) is 4.35. The zero-order valence-corrected chi connectivity index (χ0v) is 10.6. The first-order valence-electron chi connectivity index (χ1n) is 5.97. The van der Waals surface area contributed by atoms with Gasteiger partial charge in [0.1, 0.15) is 17.5 Å². The van der Waals surface area contributed by atoms with Crippen molar-refractivity contribution >= 4 is 5.82 Å². The summed E-state index contributed by atoms with van der Waals surface area (Å²) in [6.45, 7) is 6.29. The molecule has 1 saturated heterocycles. The number of nitriles is 1. The summed E-state index contributed by atoms with van der Waals surface area (Å²) in [6, 6.07) is 2.60. The Bertz CT molecular complexity index is 446. The lowest BCUT2D eigenvalue weighted by Crippen LogP contribution is -2.46. The highest BCUT2D eigenvalue weighted by atomic mass is 16.5. The van der Waals surface area contributed by atoms with Crippen molar-refractivity contribution in [3.63, 3.8) is 0 Å². The van der Waals surface area contributed by atoms with E-state index in [0.29, 0.717) is 18.2 Å². The molecule has 5 nitrogen and oxygen atoms in total. The van der Waals surface area contributed by atoms with E-state index in [0.717, 1.165) is 31.1 Å². The van der Waals surface area contributed by atoms with Gasteiger partial charge in [0.25, 0.3) is 0 Å². The van der Waals surface area contributed by atoms with Crippen molar-refractivity contribution < 1.29 is 4.74 Å². The molecule has 0 spiro atoms. The fourth-order valence-electron chi connectivity index (χ4n) is 2.38.